The summed E-state index contributed by atoms with van der Waals surface area (Å²) in [5, 5.41) is 12.7. The van der Waals surface area contributed by atoms with Gasteiger partial charge in [-0.1, -0.05) is 42.5 Å². The van der Waals surface area contributed by atoms with Crippen LogP contribution in [0.3, 0.4) is 0 Å². The lowest BCUT2D eigenvalue weighted by atomic mass is 10.0. The lowest BCUT2D eigenvalue weighted by Gasteiger charge is -2.14. The molecule has 22 heavy (non-hydrogen) atoms. The molecular formula is C17H17NO4. The molecule has 0 bridgehead atoms. The van der Waals surface area contributed by atoms with E-state index in [-0.39, 0.29) is 6.04 Å². The van der Waals surface area contributed by atoms with Gasteiger partial charge in [0.25, 0.3) is 0 Å². The van der Waals surface area contributed by atoms with Gasteiger partial charge in [-0.05, 0) is 23.3 Å². The van der Waals surface area contributed by atoms with E-state index in [1.807, 2.05) is 54.6 Å². The lowest BCUT2D eigenvalue weighted by Crippen LogP contribution is -2.28. The molecule has 0 amide bonds. The summed E-state index contributed by atoms with van der Waals surface area (Å²) in [5.41, 5.74) is 1.76. The number of carboxylic acids is 1. The van der Waals surface area contributed by atoms with E-state index in [1.165, 1.54) is 0 Å². The van der Waals surface area contributed by atoms with Gasteiger partial charge in [-0.25, -0.2) is 4.79 Å². The standard InChI is InChI=1S/C17H17NO4/c1-21-13-9-7-12(8-10-13)16-18-14(15(22-16)17(19)20)11-5-3-2-4-6-11/h2-10,14-16,18H,1H3,(H,19,20)/t14-,15+,16+/m0/s1. The number of hydrogen-bond acceptors (Lipinski definition) is 4. The molecule has 3 rings (SSSR count). The summed E-state index contributed by atoms with van der Waals surface area (Å²) in [4.78, 5) is 11.5. The molecule has 1 aliphatic heterocycles. The lowest BCUT2D eigenvalue weighted by molar-refractivity contribution is -0.150. The molecule has 0 radical (unpaired) electrons. The maximum atomic E-state index is 11.5. The molecule has 0 aromatic heterocycles. The van der Waals surface area contributed by atoms with Gasteiger partial charge in [-0.2, -0.15) is 0 Å². The average Bonchev–Trinajstić information content (AvgIpc) is 3.01. The Bertz CT molecular complexity index is 641. The van der Waals surface area contributed by atoms with Crippen LogP contribution >= 0.6 is 0 Å². The average molecular weight is 299 g/mol. The molecular weight excluding hydrogens is 282 g/mol. The SMILES string of the molecule is COc1ccc([C@@H]2N[C@@H](c3ccccc3)[C@H](C(=O)O)O2)cc1. The maximum Gasteiger partial charge on any atom is 0.334 e. The Balaban J connectivity index is 1.85. The quantitative estimate of drug-likeness (QED) is 0.908. The number of benzene rings is 2. The van der Waals surface area contributed by atoms with Crippen LogP contribution in [0.5, 0.6) is 5.75 Å². The highest BCUT2D eigenvalue weighted by Crippen LogP contribution is 2.34. The van der Waals surface area contributed by atoms with E-state index in [0.29, 0.717) is 0 Å². The van der Waals surface area contributed by atoms with Crippen molar-refractivity contribution in [1.82, 2.24) is 5.32 Å². The van der Waals surface area contributed by atoms with E-state index in [4.69, 9.17) is 9.47 Å². The van der Waals surface area contributed by atoms with Crippen LogP contribution in [0.2, 0.25) is 0 Å². The van der Waals surface area contributed by atoms with Crippen LogP contribution in [0.15, 0.2) is 54.6 Å². The maximum absolute atomic E-state index is 11.5. The van der Waals surface area contributed by atoms with Crippen LogP contribution in [-0.2, 0) is 9.53 Å². The Morgan fingerprint density at radius 3 is 2.36 bits per heavy atom. The topological polar surface area (TPSA) is 67.8 Å². The third-order valence-electron chi connectivity index (χ3n) is 3.74. The molecule has 0 spiro atoms. The van der Waals surface area contributed by atoms with E-state index >= 15 is 0 Å². The molecule has 1 heterocycles. The number of carboxylic acid groups (broad SMARTS) is 1. The third kappa shape index (κ3) is 2.81. The van der Waals surface area contributed by atoms with Crippen LogP contribution in [0.4, 0.5) is 0 Å². The van der Waals surface area contributed by atoms with Crippen LogP contribution in [0.25, 0.3) is 0 Å². The van der Waals surface area contributed by atoms with Crippen molar-refractivity contribution in [2.45, 2.75) is 18.4 Å². The number of ether oxygens (including phenoxy) is 2. The summed E-state index contributed by atoms with van der Waals surface area (Å²) < 4.78 is 10.8. The third-order valence-corrected chi connectivity index (χ3v) is 3.74. The van der Waals surface area contributed by atoms with Crippen molar-refractivity contribution >= 4 is 5.97 Å². The van der Waals surface area contributed by atoms with Crippen molar-refractivity contribution in [2.24, 2.45) is 0 Å². The first-order valence-corrected chi connectivity index (χ1v) is 7.02. The highest BCUT2D eigenvalue weighted by Gasteiger charge is 2.40. The van der Waals surface area contributed by atoms with Gasteiger partial charge in [0.15, 0.2) is 6.10 Å². The van der Waals surface area contributed by atoms with Crippen molar-refractivity contribution in [3.8, 4) is 5.75 Å². The zero-order valence-electron chi connectivity index (χ0n) is 12.1. The molecule has 1 fully saturated rings. The molecule has 0 unspecified atom stereocenters. The summed E-state index contributed by atoms with van der Waals surface area (Å²) in [6.45, 7) is 0. The van der Waals surface area contributed by atoms with Crippen LogP contribution in [0.1, 0.15) is 23.4 Å². The predicted molar refractivity (Wildman–Crippen MR) is 80.6 cm³/mol. The van der Waals surface area contributed by atoms with Gasteiger partial charge in [0.05, 0.1) is 13.2 Å². The largest absolute Gasteiger partial charge is 0.497 e. The van der Waals surface area contributed by atoms with E-state index in [9.17, 15) is 9.90 Å². The first-order chi connectivity index (χ1) is 10.7. The summed E-state index contributed by atoms with van der Waals surface area (Å²) in [5.74, 6) is -0.228. The van der Waals surface area contributed by atoms with E-state index < -0.39 is 18.3 Å². The van der Waals surface area contributed by atoms with E-state index in [1.54, 1.807) is 7.11 Å². The van der Waals surface area contributed by atoms with Gasteiger partial charge < -0.3 is 14.6 Å². The van der Waals surface area contributed by atoms with Gasteiger partial charge in [-0.3, -0.25) is 5.32 Å². The zero-order chi connectivity index (χ0) is 15.5. The van der Waals surface area contributed by atoms with Crippen LogP contribution in [0, 0.1) is 0 Å². The summed E-state index contributed by atoms with van der Waals surface area (Å²) in [6, 6.07) is 16.5. The number of rotatable bonds is 4. The highest BCUT2D eigenvalue weighted by atomic mass is 16.5. The van der Waals surface area contributed by atoms with Crippen LogP contribution < -0.4 is 10.1 Å². The zero-order valence-corrected chi connectivity index (χ0v) is 12.1. The van der Waals surface area contributed by atoms with Gasteiger partial charge in [0, 0.05) is 0 Å². The molecule has 114 valence electrons. The highest BCUT2D eigenvalue weighted by molar-refractivity contribution is 5.74. The molecule has 2 aromatic rings. The van der Waals surface area contributed by atoms with Crippen molar-refractivity contribution in [3.05, 3.63) is 65.7 Å². The van der Waals surface area contributed by atoms with Gasteiger partial charge in [-0.15, -0.1) is 0 Å². The first kappa shape index (κ1) is 14.6. The molecule has 1 saturated heterocycles. The number of carbonyl (C=O) groups is 1. The summed E-state index contributed by atoms with van der Waals surface area (Å²) in [6.07, 6.45) is -1.38. The predicted octanol–water partition coefficient (Wildman–Crippen LogP) is 2.51. The normalized spacial score (nSPS) is 24.1. The fraction of sp³-hybridized carbons (Fsp3) is 0.235. The minimum absolute atomic E-state index is 0.384. The van der Waals surface area contributed by atoms with Crippen molar-refractivity contribution in [3.63, 3.8) is 0 Å². The smallest absolute Gasteiger partial charge is 0.334 e. The fourth-order valence-electron chi connectivity index (χ4n) is 2.60. The molecule has 2 N–H and O–H groups in total. The monoisotopic (exact) mass is 299 g/mol. The van der Waals surface area contributed by atoms with Gasteiger partial charge in [0.2, 0.25) is 0 Å². The Labute approximate surface area is 128 Å². The number of methoxy groups -OCH3 is 1. The molecule has 2 aromatic carbocycles. The molecule has 5 heteroatoms. The van der Waals surface area contributed by atoms with Gasteiger partial charge in [0.1, 0.15) is 12.0 Å². The molecule has 1 aliphatic rings. The molecule has 0 aliphatic carbocycles. The second kappa shape index (κ2) is 6.17. The molecule has 0 saturated carbocycles. The Morgan fingerprint density at radius 2 is 1.77 bits per heavy atom. The fourth-order valence-corrected chi connectivity index (χ4v) is 2.60. The van der Waals surface area contributed by atoms with Crippen molar-refractivity contribution in [1.29, 1.82) is 0 Å². The molecule has 5 nitrogen and oxygen atoms in total. The number of nitrogens with one attached hydrogen (secondary N) is 1. The van der Waals surface area contributed by atoms with Crippen LogP contribution in [-0.4, -0.2) is 24.3 Å². The second-order valence-electron chi connectivity index (χ2n) is 5.10. The Hall–Kier alpha value is -2.37. The minimum atomic E-state index is -0.975. The summed E-state index contributed by atoms with van der Waals surface area (Å²) in [7, 11) is 1.60. The Kier molecular flexibility index (Phi) is 4.09. The second-order valence-corrected chi connectivity index (χ2v) is 5.10. The van der Waals surface area contributed by atoms with E-state index in [0.717, 1.165) is 16.9 Å². The minimum Gasteiger partial charge on any atom is -0.497 e. The Morgan fingerprint density at radius 1 is 1.09 bits per heavy atom. The van der Waals surface area contributed by atoms with Gasteiger partial charge >= 0.3 is 5.97 Å². The van der Waals surface area contributed by atoms with Crippen molar-refractivity contribution in [2.75, 3.05) is 7.11 Å². The first-order valence-electron chi connectivity index (χ1n) is 7.02. The number of hydrogen-bond donors (Lipinski definition) is 2. The number of aliphatic carboxylic acids is 1. The van der Waals surface area contributed by atoms with E-state index in [2.05, 4.69) is 5.32 Å². The summed E-state index contributed by atoms with van der Waals surface area (Å²) >= 11 is 0. The molecule has 3 atom stereocenters. The van der Waals surface area contributed by atoms with Crippen molar-refractivity contribution < 1.29 is 19.4 Å².